The number of aromatic nitrogens is 1. The monoisotopic (exact) mass is 349 g/mol. The van der Waals surface area contributed by atoms with Crippen LogP contribution in [0, 0.1) is 0 Å². The van der Waals surface area contributed by atoms with Gasteiger partial charge in [0, 0.05) is 30.8 Å². The molecule has 1 fully saturated rings. The van der Waals surface area contributed by atoms with Crippen LogP contribution in [0.15, 0.2) is 16.7 Å². The lowest BCUT2D eigenvalue weighted by atomic mass is 10.1. The molecule has 1 aromatic rings. The van der Waals surface area contributed by atoms with Crippen molar-refractivity contribution in [3.63, 3.8) is 0 Å². The Morgan fingerprint density at radius 3 is 2.84 bits per heavy atom. The van der Waals surface area contributed by atoms with Crippen molar-refractivity contribution in [1.82, 2.24) is 14.8 Å². The Morgan fingerprint density at radius 2 is 2.21 bits per heavy atom. The molecule has 0 saturated carbocycles. The van der Waals surface area contributed by atoms with Gasteiger partial charge in [0.15, 0.2) is 0 Å². The number of hydrogen-bond acceptors (Lipinski definition) is 2. The maximum absolute atomic E-state index is 12.5. The third kappa shape index (κ3) is 3.97. The van der Waals surface area contributed by atoms with Crippen LogP contribution in [-0.2, 0) is 7.05 Å². The van der Waals surface area contributed by atoms with Crippen molar-refractivity contribution in [2.75, 3.05) is 20.1 Å². The average molecular weight is 351 g/mol. The predicted octanol–water partition coefficient (Wildman–Crippen LogP) is 2.42. The summed E-state index contributed by atoms with van der Waals surface area (Å²) < 4.78 is 2.82. The number of carbonyl (C=O) groups is 1. The molecule has 1 N–H and O–H groups in total. The van der Waals surface area contributed by atoms with Gasteiger partial charge < -0.3 is 14.8 Å². The van der Waals surface area contributed by atoms with E-state index < -0.39 is 0 Å². The number of carbonyl (C=O) groups excluding carboxylic acids is 1. The summed E-state index contributed by atoms with van der Waals surface area (Å²) in [6.07, 6.45) is 5.17. The summed E-state index contributed by atoms with van der Waals surface area (Å²) in [6.45, 7) is 2.06. The summed E-state index contributed by atoms with van der Waals surface area (Å²) in [5.41, 5.74) is 0.738. The molecular formula is C13H21BrClN3O. The number of nitrogens with one attached hydrogen (secondary N) is 1. The summed E-state index contributed by atoms with van der Waals surface area (Å²) in [5, 5.41) is 3.38. The van der Waals surface area contributed by atoms with Crippen molar-refractivity contribution in [3.8, 4) is 0 Å². The van der Waals surface area contributed by atoms with Crippen molar-refractivity contribution >= 4 is 34.2 Å². The molecule has 4 nitrogen and oxygen atoms in total. The minimum absolute atomic E-state index is 0. The fourth-order valence-corrected chi connectivity index (χ4v) is 3.00. The molecule has 1 aromatic heterocycles. The second-order valence-corrected chi connectivity index (χ2v) is 5.82. The standard InChI is InChI=1S/C13H20BrN3O.ClH/c1-16-9-10(14)8-12(16)13(18)17(2)11-4-3-6-15-7-5-11;/h8-9,11,15H,3-7H2,1-2H3;1H. The zero-order valence-electron chi connectivity index (χ0n) is 11.4. The summed E-state index contributed by atoms with van der Waals surface area (Å²) in [5.74, 6) is 0.107. The third-order valence-corrected chi connectivity index (χ3v) is 4.04. The molecule has 108 valence electrons. The summed E-state index contributed by atoms with van der Waals surface area (Å²) in [4.78, 5) is 14.4. The van der Waals surface area contributed by atoms with Gasteiger partial charge in [0.1, 0.15) is 5.69 Å². The highest BCUT2D eigenvalue weighted by atomic mass is 79.9. The van der Waals surface area contributed by atoms with Crippen LogP contribution < -0.4 is 5.32 Å². The first-order chi connectivity index (χ1) is 8.59. The van der Waals surface area contributed by atoms with Crippen LogP contribution >= 0.6 is 28.3 Å². The molecule has 1 unspecified atom stereocenters. The topological polar surface area (TPSA) is 37.3 Å². The van der Waals surface area contributed by atoms with Gasteiger partial charge >= 0.3 is 0 Å². The maximum Gasteiger partial charge on any atom is 0.270 e. The molecule has 1 amide bonds. The Morgan fingerprint density at radius 1 is 1.47 bits per heavy atom. The van der Waals surface area contributed by atoms with Crippen molar-refractivity contribution < 1.29 is 4.79 Å². The van der Waals surface area contributed by atoms with Crippen molar-refractivity contribution in [2.24, 2.45) is 7.05 Å². The molecule has 1 aliphatic heterocycles. The van der Waals surface area contributed by atoms with Crippen molar-refractivity contribution in [1.29, 1.82) is 0 Å². The van der Waals surface area contributed by atoms with E-state index in [4.69, 9.17) is 0 Å². The molecule has 2 heterocycles. The molecule has 2 rings (SSSR count). The Hall–Kier alpha value is -0.520. The minimum atomic E-state index is 0. The van der Waals surface area contributed by atoms with Crippen LogP contribution in [0.5, 0.6) is 0 Å². The molecule has 0 radical (unpaired) electrons. The number of aryl methyl sites for hydroxylation is 1. The zero-order chi connectivity index (χ0) is 13.1. The van der Waals surface area contributed by atoms with Crippen LogP contribution in [0.1, 0.15) is 29.8 Å². The van der Waals surface area contributed by atoms with Gasteiger partial charge in [0.05, 0.1) is 0 Å². The number of amides is 1. The van der Waals surface area contributed by atoms with E-state index in [-0.39, 0.29) is 18.3 Å². The second kappa shape index (κ2) is 7.31. The first-order valence-corrected chi connectivity index (χ1v) is 7.18. The third-order valence-electron chi connectivity index (χ3n) is 3.60. The van der Waals surface area contributed by atoms with Crippen LogP contribution in [0.25, 0.3) is 0 Å². The molecule has 0 bridgehead atoms. The van der Waals surface area contributed by atoms with Crippen molar-refractivity contribution in [3.05, 3.63) is 22.4 Å². The van der Waals surface area contributed by atoms with E-state index in [9.17, 15) is 4.79 Å². The molecule has 6 heteroatoms. The first kappa shape index (κ1) is 16.5. The Bertz CT molecular complexity index is 428. The lowest BCUT2D eigenvalue weighted by Crippen LogP contribution is -2.38. The van der Waals surface area contributed by atoms with Crippen molar-refractivity contribution in [2.45, 2.75) is 25.3 Å². The van der Waals surface area contributed by atoms with E-state index >= 15 is 0 Å². The predicted molar refractivity (Wildman–Crippen MR) is 83.0 cm³/mol. The Labute approximate surface area is 129 Å². The highest BCUT2D eigenvalue weighted by Gasteiger charge is 2.23. The molecular weight excluding hydrogens is 330 g/mol. The van der Waals surface area contributed by atoms with Gasteiger partial charge in [0.25, 0.3) is 5.91 Å². The first-order valence-electron chi connectivity index (χ1n) is 6.39. The Balaban J connectivity index is 0.00000180. The molecule has 1 saturated heterocycles. The quantitative estimate of drug-likeness (QED) is 0.889. The van der Waals surface area contributed by atoms with Crippen LogP contribution in [-0.4, -0.2) is 41.6 Å². The molecule has 0 aliphatic carbocycles. The average Bonchev–Trinajstić information content (AvgIpc) is 2.59. The summed E-state index contributed by atoms with van der Waals surface area (Å²) in [6, 6.07) is 2.23. The normalized spacial score (nSPS) is 19.4. The highest BCUT2D eigenvalue weighted by Crippen LogP contribution is 2.18. The van der Waals surface area contributed by atoms with Crippen LogP contribution in [0.4, 0.5) is 0 Å². The molecule has 1 atom stereocenters. The lowest BCUT2D eigenvalue weighted by molar-refractivity contribution is 0.0711. The molecule has 19 heavy (non-hydrogen) atoms. The Kier molecular flexibility index (Phi) is 6.36. The van der Waals surface area contributed by atoms with Gasteiger partial charge in [-0.2, -0.15) is 0 Å². The van der Waals surface area contributed by atoms with E-state index in [0.717, 1.165) is 42.5 Å². The van der Waals surface area contributed by atoms with Gasteiger partial charge in [-0.05, 0) is 54.3 Å². The minimum Gasteiger partial charge on any atom is -0.345 e. The molecule has 1 aliphatic rings. The lowest BCUT2D eigenvalue weighted by Gasteiger charge is -2.27. The van der Waals surface area contributed by atoms with Crippen LogP contribution in [0.3, 0.4) is 0 Å². The van der Waals surface area contributed by atoms with E-state index in [1.807, 2.05) is 35.8 Å². The van der Waals surface area contributed by atoms with E-state index in [1.54, 1.807) is 0 Å². The highest BCUT2D eigenvalue weighted by molar-refractivity contribution is 9.10. The number of rotatable bonds is 2. The fourth-order valence-electron chi connectivity index (χ4n) is 2.47. The molecule has 0 spiro atoms. The largest absolute Gasteiger partial charge is 0.345 e. The maximum atomic E-state index is 12.5. The molecule has 0 aromatic carbocycles. The summed E-state index contributed by atoms with van der Waals surface area (Å²) in [7, 11) is 3.82. The van der Waals surface area contributed by atoms with Gasteiger partial charge in [0.2, 0.25) is 0 Å². The number of nitrogens with zero attached hydrogens (tertiary/aromatic N) is 2. The van der Waals surface area contributed by atoms with E-state index in [0.29, 0.717) is 6.04 Å². The van der Waals surface area contributed by atoms with Gasteiger partial charge in [-0.25, -0.2) is 0 Å². The van der Waals surface area contributed by atoms with Crippen LogP contribution in [0.2, 0.25) is 0 Å². The zero-order valence-corrected chi connectivity index (χ0v) is 13.8. The fraction of sp³-hybridized carbons (Fsp3) is 0.615. The smallest absolute Gasteiger partial charge is 0.270 e. The van der Waals surface area contributed by atoms with Gasteiger partial charge in [-0.3, -0.25) is 4.79 Å². The van der Waals surface area contributed by atoms with Gasteiger partial charge in [-0.15, -0.1) is 12.4 Å². The summed E-state index contributed by atoms with van der Waals surface area (Å²) >= 11 is 3.41. The number of hydrogen-bond donors (Lipinski definition) is 1. The number of halogens is 2. The van der Waals surface area contributed by atoms with E-state index in [1.165, 1.54) is 0 Å². The SMILES string of the molecule is CN(C(=O)c1cc(Br)cn1C)C1CCCNCC1.Cl. The van der Waals surface area contributed by atoms with Gasteiger partial charge in [-0.1, -0.05) is 0 Å². The van der Waals surface area contributed by atoms with E-state index in [2.05, 4.69) is 21.2 Å². The second-order valence-electron chi connectivity index (χ2n) is 4.91.